The van der Waals surface area contributed by atoms with Gasteiger partial charge in [-0.3, -0.25) is 0 Å². The van der Waals surface area contributed by atoms with Gasteiger partial charge in [-0.15, -0.1) is 0 Å². The summed E-state index contributed by atoms with van der Waals surface area (Å²) in [5.74, 6) is 0. The minimum atomic E-state index is -4.78. The van der Waals surface area contributed by atoms with Gasteiger partial charge in [-0.05, 0) is 0 Å². The maximum atomic E-state index is 8.35. The zero-order valence-electron chi connectivity index (χ0n) is 16.0. The Morgan fingerprint density at radius 2 is 0.257 bits per heavy atom. The Kier molecular flexibility index (Phi) is 16.3. The van der Waals surface area contributed by atoms with E-state index < -0.39 is 35.4 Å². The van der Waals surface area contributed by atoms with E-state index in [-0.39, 0.29) is 34.1 Å². The van der Waals surface area contributed by atoms with Crippen LogP contribution in [0.3, 0.4) is 0 Å². The third-order valence-electron chi connectivity index (χ3n) is 2.37. The third-order valence-corrected chi connectivity index (χ3v) is 9.78. The van der Waals surface area contributed by atoms with E-state index in [1.807, 2.05) is 0 Å². The van der Waals surface area contributed by atoms with Crippen molar-refractivity contribution in [3.8, 4) is 74.5 Å². The first kappa shape index (κ1) is 40.3. The molecule has 0 saturated carbocycles. The summed E-state index contributed by atoms with van der Waals surface area (Å²) < 4.78 is 0. The summed E-state index contributed by atoms with van der Waals surface area (Å²) in [5.41, 5.74) is 0. The van der Waals surface area contributed by atoms with Crippen LogP contribution >= 0.6 is 0 Å². The number of nitrogens with zero attached hydrogens (tertiary/aromatic N) is 15. The summed E-state index contributed by atoms with van der Waals surface area (Å²) in [7, 11) is 0. The molecule has 0 N–H and O–H groups in total. The van der Waals surface area contributed by atoms with Gasteiger partial charge in [0, 0.05) is 0 Å². The molecule has 35 heavy (non-hydrogen) atoms. The minimum absolute atomic E-state index is 0. The summed E-state index contributed by atoms with van der Waals surface area (Å²) in [6, 6.07) is 0. The fourth-order valence-corrected chi connectivity index (χ4v) is 2.19. The molecule has 0 heterocycles. The average Bonchev–Trinajstić information content (AvgIpc) is 2.92. The summed E-state index contributed by atoms with van der Waals surface area (Å²) in [6.45, 7) is 0. The maximum absolute atomic E-state index is 8.35. The third kappa shape index (κ3) is 6.96. The Morgan fingerprint density at radius 1 is 0.200 bits per heavy atom. The van der Waals surface area contributed by atoms with E-state index >= 15 is 0 Å². The van der Waals surface area contributed by atoms with E-state index in [9.17, 15) is 0 Å². The number of hydrogen-bond acceptors (Lipinski definition) is 15. The Balaban J connectivity index is -0.000000125. The summed E-state index contributed by atoms with van der Waals surface area (Å²) in [5, 5.41) is 125. The second-order valence-electron chi connectivity index (χ2n) is 3.84. The molecule has 0 saturated heterocycles. The first-order chi connectivity index (χ1) is 15.4. The standard InChI is InChI=1S/15CN.5Fe/c15*1-2;;;;;/q;;;;;;;;;;;;;;;3*-2;2*+3. The van der Waals surface area contributed by atoms with Crippen molar-refractivity contribution >= 4 is 0 Å². The molecule has 0 rings (SSSR count). The predicted molar refractivity (Wildman–Crippen MR) is 84.2 cm³/mol. The van der Waals surface area contributed by atoms with E-state index in [1.54, 1.807) is 0 Å². The molecular weight excluding hydrogens is 669 g/mol. The fraction of sp³-hybridized carbons (Fsp3) is 0. The van der Waals surface area contributed by atoms with Gasteiger partial charge in [-0.1, -0.05) is 0 Å². The van der Waals surface area contributed by atoms with Crippen LogP contribution in [-0.4, -0.2) is 0 Å². The molecule has 0 aliphatic carbocycles. The van der Waals surface area contributed by atoms with Crippen LogP contribution in [0.1, 0.15) is 0 Å². The monoisotopic (exact) mass is 670 g/mol. The predicted octanol–water partition coefficient (Wildman–Crippen LogP) is 0.239. The normalized spacial score (nSPS) is 10.7. The van der Waals surface area contributed by atoms with Gasteiger partial charge in [-0.25, -0.2) is 0 Å². The zero-order chi connectivity index (χ0) is 26.9. The van der Waals surface area contributed by atoms with Gasteiger partial charge in [-0.2, -0.15) is 0 Å². The Bertz CT molecular complexity index is 1070. The van der Waals surface area contributed by atoms with Crippen LogP contribution < -0.4 is 0 Å². The Hall–Kier alpha value is -5.05. The van der Waals surface area contributed by atoms with E-state index in [1.165, 1.54) is 74.5 Å². The largest absolute Gasteiger partial charge is 3.00 e. The molecule has 15 nitrogen and oxygen atoms in total. The van der Waals surface area contributed by atoms with Gasteiger partial charge in [0.05, 0.1) is 0 Å². The van der Waals surface area contributed by atoms with Crippen LogP contribution in [0.15, 0.2) is 0 Å². The van der Waals surface area contributed by atoms with E-state index in [2.05, 4.69) is 0 Å². The molecule has 0 fully saturated rings. The van der Waals surface area contributed by atoms with Gasteiger partial charge >= 0.3 is 223 Å². The molecular formula is C15Fe5N15. The molecule has 0 unspecified atom stereocenters. The molecule has 0 bridgehead atoms. The van der Waals surface area contributed by atoms with Crippen molar-refractivity contribution in [1.82, 2.24) is 0 Å². The van der Waals surface area contributed by atoms with Crippen LogP contribution in [-0.2, 0) is 69.5 Å². The van der Waals surface area contributed by atoms with Crippen LogP contribution in [0.25, 0.3) is 0 Å². The molecule has 0 amide bonds. The number of rotatable bonds is 0. The molecule has 0 aliphatic heterocycles. The minimum Gasteiger partial charge on any atom is 3.00 e. The fourth-order valence-electron chi connectivity index (χ4n) is 0.530. The van der Waals surface area contributed by atoms with Crippen molar-refractivity contribution in [3.05, 3.63) is 0 Å². The van der Waals surface area contributed by atoms with Crippen LogP contribution in [0, 0.1) is 153 Å². The molecule has 0 aliphatic rings. The van der Waals surface area contributed by atoms with Gasteiger partial charge in [0.1, 0.15) is 0 Å². The van der Waals surface area contributed by atoms with Crippen molar-refractivity contribution in [3.63, 3.8) is 0 Å². The molecule has 0 aromatic rings. The van der Waals surface area contributed by atoms with Crippen LogP contribution in [0.5, 0.6) is 0 Å². The quantitative estimate of drug-likeness (QED) is 0.312. The van der Waals surface area contributed by atoms with Crippen molar-refractivity contribution in [2.45, 2.75) is 0 Å². The van der Waals surface area contributed by atoms with Crippen molar-refractivity contribution < 1.29 is 69.5 Å². The van der Waals surface area contributed by atoms with Crippen molar-refractivity contribution in [1.29, 1.82) is 78.9 Å². The number of hydrogen-bond donors (Lipinski definition) is 0. The van der Waals surface area contributed by atoms with Gasteiger partial charge in [0.25, 0.3) is 0 Å². The molecule has 0 atom stereocenters. The second-order valence-corrected chi connectivity index (χ2v) is 15.8. The molecule has 0 aromatic heterocycles. The maximum Gasteiger partial charge on any atom is 3.00 e. The number of nitriles is 15. The first-order valence-corrected chi connectivity index (χ1v) is 14.3. The Morgan fingerprint density at radius 3 is 0.257 bits per heavy atom. The van der Waals surface area contributed by atoms with E-state index in [4.69, 9.17) is 78.9 Å². The van der Waals surface area contributed by atoms with Crippen LogP contribution in [0.2, 0.25) is 0 Å². The first-order valence-electron chi connectivity index (χ1n) is 6.01. The summed E-state index contributed by atoms with van der Waals surface area (Å²) in [6.07, 6.45) is 0. The van der Waals surface area contributed by atoms with Gasteiger partial charge in [0.2, 0.25) is 0 Å². The molecule has 0 spiro atoms. The van der Waals surface area contributed by atoms with E-state index in [0.29, 0.717) is 0 Å². The smallest absolute Gasteiger partial charge is 3.00 e. The van der Waals surface area contributed by atoms with Gasteiger partial charge < -0.3 is 0 Å². The van der Waals surface area contributed by atoms with Crippen molar-refractivity contribution in [2.24, 2.45) is 0 Å². The summed E-state index contributed by atoms with van der Waals surface area (Å²) in [4.78, 5) is 18.4. The van der Waals surface area contributed by atoms with E-state index in [0.717, 1.165) is 0 Å². The molecule has 20 heteroatoms. The average molecular weight is 669 g/mol. The second kappa shape index (κ2) is 14.2. The van der Waals surface area contributed by atoms with Gasteiger partial charge in [0.15, 0.2) is 0 Å². The van der Waals surface area contributed by atoms with Crippen molar-refractivity contribution in [2.75, 3.05) is 0 Å². The zero-order valence-corrected chi connectivity index (χ0v) is 21.5. The Labute approximate surface area is 221 Å². The molecule has 175 valence electrons. The molecule has 0 aromatic carbocycles. The topological polar surface area (TPSA) is 357 Å². The summed E-state index contributed by atoms with van der Waals surface area (Å²) >= 11 is -14.3. The molecule has 2 radical (unpaired) electrons. The SMILES string of the molecule is N#[C][Fe-2]([C]#N)([C]#N)([C]#N)[C]#N.N#[C][Fe-2]([C]#N)([C]#N)([C]#N)[C]#N.N#[C][Fe-2]([C]#N)([C]#N)([C]#N)[C]#N.[Fe+3].[Fe+3]. The van der Waals surface area contributed by atoms with Crippen LogP contribution in [0.4, 0.5) is 0 Å².